The van der Waals surface area contributed by atoms with E-state index in [1.807, 2.05) is 0 Å². The standard InChI is InChI=1S/C12H10F3N3O2/c1-2-9(16)11-17-10(18-20-11)7-3-5-8(6-4-7)19-12(13,14)15/h2-6,9H,1,16H2/t9-/m0/s1. The maximum Gasteiger partial charge on any atom is 0.573 e. The zero-order valence-corrected chi connectivity index (χ0v) is 10.1. The van der Waals surface area contributed by atoms with E-state index < -0.39 is 12.4 Å². The summed E-state index contributed by atoms with van der Waals surface area (Å²) in [6.07, 6.45) is -3.30. The fourth-order valence-corrected chi connectivity index (χ4v) is 1.39. The summed E-state index contributed by atoms with van der Waals surface area (Å²) in [5, 5.41) is 3.68. The van der Waals surface area contributed by atoms with E-state index >= 15 is 0 Å². The highest BCUT2D eigenvalue weighted by Crippen LogP contribution is 2.25. The van der Waals surface area contributed by atoms with Crippen LogP contribution in [0.25, 0.3) is 11.4 Å². The van der Waals surface area contributed by atoms with Crippen LogP contribution in [0.2, 0.25) is 0 Å². The third-order valence-electron chi connectivity index (χ3n) is 2.33. The molecule has 0 spiro atoms. The predicted molar refractivity (Wildman–Crippen MR) is 63.5 cm³/mol. The molecule has 0 unspecified atom stereocenters. The second-order valence-electron chi connectivity index (χ2n) is 3.79. The molecule has 2 rings (SSSR count). The van der Waals surface area contributed by atoms with Gasteiger partial charge >= 0.3 is 6.36 Å². The molecule has 0 aliphatic carbocycles. The number of alkyl halides is 3. The first kappa shape index (κ1) is 14.1. The molecule has 2 aromatic rings. The summed E-state index contributed by atoms with van der Waals surface area (Å²) < 4.78 is 44.7. The first-order valence-electron chi connectivity index (χ1n) is 5.47. The van der Waals surface area contributed by atoms with Crippen LogP contribution < -0.4 is 10.5 Å². The lowest BCUT2D eigenvalue weighted by Gasteiger charge is -2.08. The zero-order valence-electron chi connectivity index (χ0n) is 10.1. The number of ether oxygens (including phenoxy) is 1. The highest BCUT2D eigenvalue weighted by atomic mass is 19.4. The molecule has 0 amide bonds. The molecule has 5 nitrogen and oxygen atoms in total. The molecule has 0 radical (unpaired) electrons. The lowest BCUT2D eigenvalue weighted by Crippen LogP contribution is -2.16. The Balaban J connectivity index is 2.17. The Morgan fingerprint density at radius 1 is 1.30 bits per heavy atom. The van der Waals surface area contributed by atoms with E-state index in [1.165, 1.54) is 18.2 Å². The van der Waals surface area contributed by atoms with Gasteiger partial charge in [0.05, 0.1) is 0 Å². The minimum absolute atomic E-state index is 0.172. The van der Waals surface area contributed by atoms with Gasteiger partial charge in [0.15, 0.2) is 0 Å². The average Bonchev–Trinajstić information content (AvgIpc) is 2.86. The van der Waals surface area contributed by atoms with E-state index in [4.69, 9.17) is 10.3 Å². The molecule has 0 saturated heterocycles. The van der Waals surface area contributed by atoms with Gasteiger partial charge in [-0.2, -0.15) is 4.98 Å². The van der Waals surface area contributed by atoms with Gasteiger partial charge in [0.1, 0.15) is 11.8 Å². The van der Waals surface area contributed by atoms with Crippen molar-refractivity contribution >= 4 is 0 Å². The van der Waals surface area contributed by atoms with Crippen molar-refractivity contribution in [2.24, 2.45) is 5.73 Å². The maximum atomic E-state index is 12.0. The average molecular weight is 285 g/mol. The molecule has 8 heteroatoms. The van der Waals surface area contributed by atoms with Crippen molar-refractivity contribution in [2.45, 2.75) is 12.4 Å². The van der Waals surface area contributed by atoms with Crippen LogP contribution in [0.3, 0.4) is 0 Å². The van der Waals surface area contributed by atoms with Crippen molar-refractivity contribution in [3.05, 3.63) is 42.8 Å². The second-order valence-corrected chi connectivity index (χ2v) is 3.79. The molecule has 0 saturated carbocycles. The summed E-state index contributed by atoms with van der Waals surface area (Å²) in [6.45, 7) is 3.49. The van der Waals surface area contributed by atoms with Crippen LogP contribution >= 0.6 is 0 Å². The van der Waals surface area contributed by atoms with E-state index in [2.05, 4.69) is 21.5 Å². The minimum Gasteiger partial charge on any atom is -0.406 e. The van der Waals surface area contributed by atoms with Gasteiger partial charge < -0.3 is 15.0 Å². The lowest BCUT2D eigenvalue weighted by molar-refractivity contribution is -0.274. The predicted octanol–water partition coefficient (Wildman–Crippen LogP) is 2.82. The summed E-state index contributed by atoms with van der Waals surface area (Å²) in [4.78, 5) is 4.02. The van der Waals surface area contributed by atoms with Crippen molar-refractivity contribution in [2.75, 3.05) is 0 Å². The summed E-state index contributed by atoms with van der Waals surface area (Å²) in [5.41, 5.74) is 6.10. The number of nitrogens with two attached hydrogens (primary N) is 1. The van der Waals surface area contributed by atoms with E-state index in [0.29, 0.717) is 5.56 Å². The molecule has 1 heterocycles. The quantitative estimate of drug-likeness (QED) is 0.874. The highest BCUT2D eigenvalue weighted by Gasteiger charge is 2.31. The molecule has 20 heavy (non-hydrogen) atoms. The number of aromatic nitrogens is 2. The molecule has 1 atom stereocenters. The Kier molecular flexibility index (Phi) is 3.75. The van der Waals surface area contributed by atoms with Gasteiger partial charge in [0, 0.05) is 5.56 Å². The van der Waals surface area contributed by atoms with Crippen molar-refractivity contribution in [3.8, 4) is 17.1 Å². The number of rotatable bonds is 4. The fourth-order valence-electron chi connectivity index (χ4n) is 1.39. The summed E-state index contributed by atoms with van der Waals surface area (Å²) in [5.74, 6) is 0.0641. The molecule has 1 aromatic heterocycles. The first-order valence-corrected chi connectivity index (χ1v) is 5.47. The summed E-state index contributed by atoms with van der Waals surface area (Å²) in [6, 6.07) is 4.49. The third-order valence-corrected chi connectivity index (χ3v) is 2.33. The Labute approximate surface area is 111 Å². The zero-order chi connectivity index (χ0) is 14.8. The normalized spacial score (nSPS) is 13.0. The number of hydrogen-bond acceptors (Lipinski definition) is 5. The smallest absolute Gasteiger partial charge is 0.406 e. The van der Waals surface area contributed by atoms with Gasteiger partial charge in [-0.25, -0.2) is 0 Å². The second kappa shape index (κ2) is 5.33. The van der Waals surface area contributed by atoms with E-state index in [1.54, 1.807) is 0 Å². The Morgan fingerprint density at radius 3 is 2.50 bits per heavy atom. The van der Waals surface area contributed by atoms with Crippen molar-refractivity contribution < 1.29 is 22.4 Å². The third kappa shape index (κ3) is 3.35. The van der Waals surface area contributed by atoms with Crippen molar-refractivity contribution in [3.63, 3.8) is 0 Å². The van der Waals surface area contributed by atoms with Crippen LogP contribution in [0, 0.1) is 0 Å². The van der Waals surface area contributed by atoms with Gasteiger partial charge in [0.25, 0.3) is 0 Å². The summed E-state index contributed by atoms with van der Waals surface area (Å²) in [7, 11) is 0. The SMILES string of the molecule is C=C[C@H](N)c1nc(-c2ccc(OC(F)(F)F)cc2)no1. The molecular formula is C12H10F3N3O2. The summed E-state index contributed by atoms with van der Waals surface area (Å²) >= 11 is 0. The number of benzene rings is 1. The largest absolute Gasteiger partial charge is 0.573 e. The van der Waals surface area contributed by atoms with Crippen LogP contribution in [0.5, 0.6) is 5.75 Å². The molecule has 1 aromatic carbocycles. The minimum atomic E-state index is -4.72. The van der Waals surface area contributed by atoms with Crippen molar-refractivity contribution in [1.29, 1.82) is 0 Å². The number of nitrogens with zero attached hydrogens (tertiary/aromatic N) is 2. The molecule has 0 fully saturated rings. The molecule has 0 aliphatic rings. The van der Waals surface area contributed by atoms with Crippen LogP contribution in [-0.2, 0) is 0 Å². The van der Waals surface area contributed by atoms with Gasteiger partial charge in [-0.1, -0.05) is 11.2 Å². The topological polar surface area (TPSA) is 74.2 Å². The fraction of sp³-hybridized carbons (Fsp3) is 0.167. The van der Waals surface area contributed by atoms with Gasteiger partial charge in [0.2, 0.25) is 11.7 Å². The molecule has 0 aliphatic heterocycles. The van der Waals surface area contributed by atoms with Crippen LogP contribution in [-0.4, -0.2) is 16.5 Å². The maximum absolute atomic E-state index is 12.0. The highest BCUT2D eigenvalue weighted by molar-refractivity contribution is 5.55. The molecular weight excluding hydrogens is 275 g/mol. The monoisotopic (exact) mass is 285 g/mol. The lowest BCUT2D eigenvalue weighted by atomic mass is 10.2. The molecule has 106 valence electrons. The Bertz CT molecular complexity index is 593. The van der Waals surface area contributed by atoms with E-state index in [-0.39, 0.29) is 17.5 Å². The Hall–Kier alpha value is -2.35. The van der Waals surface area contributed by atoms with E-state index in [0.717, 1.165) is 12.1 Å². The first-order chi connectivity index (χ1) is 9.39. The van der Waals surface area contributed by atoms with E-state index in [9.17, 15) is 13.2 Å². The van der Waals surface area contributed by atoms with Crippen LogP contribution in [0.15, 0.2) is 41.4 Å². The van der Waals surface area contributed by atoms with Gasteiger partial charge in [-0.05, 0) is 24.3 Å². The number of halogens is 3. The van der Waals surface area contributed by atoms with Crippen LogP contribution in [0.1, 0.15) is 11.9 Å². The van der Waals surface area contributed by atoms with Crippen molar-refractivity contribution in [1.82, 2.24) is 10.1 Å². The Morgan fingerprint density at radius 2 is 1.95 bits per heavy atom. The van der Waals surface area contributed by atoms with Gasteiger partial charge in [-0.15, -0.1) is 19.8 Å². The van der Waals surface area contributed by atoms with Crippen LogP contribution in [0.4, 0.5) is 13.2 Å². The van der Waals surface area contributed by atoms with Gasteiger partial charge in [-0.3, -0.25) is 0 Å². The number of hydrogen-bond donors (Lipinski definition) is 1. The molecule has 2 N–H and O–H groups in total. The molecule has 0 bridgehead atoms.